The maximum absolute atomic E-state index is 5.25. The zero-order chi connectivity index (χ0) is 10.2. The molecule has 0 N–H and O–H groups in total. The Morgan fingerprint density at radius 1 is 1.42 bits per heavy atom. The van der Waals surface area contributed by atoms with Gasteiger partial charge in [-0.3, -0.25) is 0 Å². The summed E-state index contributed by atoms with van der Waals surface area (Å²) in [7, 11) is 6.81. The van der Waals surface area contributed by atoms with E-state index in [9.17, 15) is 0 Å². The van der Waals surface area contributed by atoms with E-state index >= 15 is 0 Å². The second kappa shape index (κ2) is 7.52. The van der Waals surface area contributed by atoms with Gasteiger partial charge in [0, 0.05) is 0 Å². The molecule has 74 valence electrons. The molecule has 0 aromatic carbocycles. The van der Waals surface area contributed by atoms with Crippen molar-refractivity contribution in [2.45, 2.75) is 25.9 Å². The molecule has 0 fully saturated rings. The molecule has 12 heavy (non-hydrogen) atoms. The van der Waals surface area contributed by atoms with Crippen LogP contribution in [-0.4, -0.2) is 42.1 Å². The fraction of sp³-hybridized carbons (Fsp3) is 0.778. The first-order valence-electron chi connectivity index (χ1n) is 4.12. The predicted octanol–water partition coefficient (Wildman–Crippen LogP) is 0.816. The largest absolute Gasteiger partial charge is 0.423 e. The lowest BCUT2D eigenvalue weighted by molar-refractivity contribution is 0.127. The minimum absolute atomic E-state index is 0.0357. The Morgan fingerprint density at radius 2 is 1.75 bits per heavy atom. The first-order chi connectivity index (χ1) is 5.35. The quantitative estimate of drug-likeness (QED) is 0.481. The summed E-state index contributed by atoms with van der Waals surface area (Å²) in [5, 5.41) is 0. The third kappa shape index (κ3) is 16.5. The van der Waals surface area contributed by atoms with E-state index in [1.165, 1.54) is 0 Å². The fourth-order valence-corrected chi connectivity index (χ4v) is 0.598. The first-order valence-corrected chi connectivity index (χ1v) is 4.94. The fourth-order valence-electron chi connectivity index (χ4n) is 0.431. The highest BCUT2D eigenvalue weighted by Crippen LogP contribution is 2.11. The average Bonchev–Trinajstić information content (AvgIpc) is 1.86. The monoisotopic (exact) mass is 189 g/mol. The van der Waals surface area contributed by atoms with E-state index in [0.717, 1.165) is 16.9 Å². The predicted molar refractivity (Wildman–Crippen MR) is 59.5 cm³/mol. The van der Waals surface area contributed by atoms with Crippen molar-refractivity contribution in [2.24, 2.45) is 0 Å². The molecular weight excluding hydrogens is 166 g/mol. The molecule has 0 rings (SSSR count). The zero-order valence-corrected chi connectivity index (χ0v) is 11.3. The number of nitrogens with zero attached hydrogens (tertiary/aromatic N) is 1. The van der Waals surface area contributed by atoms with Crippen LogP contribution in [0.1, 0.15) is 20.3 Å². The van der Waals surface area contributed by atoms with Gasteiger partial charge in [0.25, 0.3) is 0 Å². The van der Waals surface area contributed by atoms with Crippen LogP contribution in [0.15, 0.2) is 12.7 Å². The minimum Gasteiger partial charge on any atom is -0.423 e. The Balaban J connectivity index is 0. The van der Waals surface area contributed by atoms with Crippen LogP contribution in [0.25, 0.3) is 0 Å². The van der Waals surface area contributed by atoms with E-state index in [1.54, 1.807) is 0 Å². The Hall–Kier alpha value is -0.123. The van der Waals surface area contributed by atoms with Crippen LogP contribution in [0.4, 0.5) is 0 Å². The van der Waals surface area contributed by atoms with Gasteiger partial charge in [-0.2, -0.15) is 0 Å². The smallest absolute Gasteiger partial charge is 0.146 e. The molecular formula is C9H23NOSi. The number of rotatable bonds is 3. The molecule has 2 nitrogen and oxygen atoms in total. The van der Waals surface area contributed by atoms with E-state index in [0.29, 0.717) is 0 Å². The van der Waals surface area contributed by atoms with Gasteiger partial charge in [0.05, 0.1) is 5.60 Å². The lowest BCUT2D eigenvalue weighted by Gasteiger charge is -2.20. The molecule has 0 saturated heterocycles. The van der Waals surface area contributed by atoms with Gasteiger partial charge in [-0.05, 0) is 41.4 Å². The molecule has 0 spiro atoms. The summed E-state index contributed by atoms with van der Waals surface area (Å²) in [6.45, 7) is 7.77. The van der Waals surface area contributed by atoms with Crippen molar-refractivity contribution >= 4 is 10.5 Å². The second-order valence-electron chi connectivity index (χ2n) is 3.80. The first kappa shape index (κ1) is 14.4. The third-order valence-electron chi connectivity index (χ3n) is 1.19. The van der Waals surface area contributed by atoms with Crippen molar-refractivity contribution in [1.82, 2.24) is 4.90 Å². The van der Waals surface area contributed by atoms with E-state index in [-0.39, 0.29) is 5.60 Å². The van der Waals surface area contributed by atoms with Crippen molar-refractivity contribution < 1.29 is 4.43 Å². The highest BCUT2D eigenvalue weighted by Gasteiger charge is 2.11. The second-order valence-corrected chi connectivity index (χ2v) is 4.21. The van der Waals surface area contributed by atoms with Crippen LogP contribution in [0, 0.1) is 0 Å². The zero-order valence-electron chi connectivity index (χ0n) is 9.35. The summed E-state index contributed by atoms with van der Waals surface area (Å²) in [5.74, 6) is 0. The summed E-state index contributed by atoms with van der Waals surface area (Å²) in [6.07, 6.45) is 2.83. The van der Waals surface area contributed by atoms with E-state index in [4.69, 9.17) is 4.43 Å². The molecule has 0 aromatic rings. The van der Waals surface area contributed by atoms with Gasteiger partial charge < -0.3 is 9.33 Å². The van der Waals surface area contributed by atoms with Crippen LogP contribution >= 0.6 is 0 Å². The maximum atomic E-state index is 5.25. The van der Waals surface area contributed by atoms with Crippen LogP contribution < -0.4 is 0 Å². The van der Waals surface area contributed by atoms with Gasteiger partial charge in [0.15, 0.2) is 0 Å². The van der Waals surface area contributed by atoms with E-state index < -0.39 is 0 Å². The van der Waals surface area contributed by atoms with Gasteiger partial charge in [0.1, 0.15) is 10.5 Å². The van der Waals surface area contributed by atoms with Crippen LogP contribution in [0.3, 0.4) is 0 Å². The molecule has 3 heteroatoms. The van der Waals surface area contributed by atoms with Crippen molar-refractivity contribution in [3.05, 3.63) is 12.7 Å². The van der Waals surface area contributed by atoms with Crippen molar-refractivity contribution in [3.63, 3.8) is 0 Å². The summed E-state index contributed by atoms with van der Waals surface area (Å²) < 4.78 is 5.25. The summed E-state index contributed by atoms with van der Waals surface area (Å²) in [4.78, 5) is 2.00. The molecule has 0 aliphatic heterocycles. The molecule has 0 amide bonds. The highest BCUT2D eigenvalue weighted by molar-refractivity contribution is 5.98. The van der Waals surface area contributed by atoms with Gasteiger partial charge in [-0.15, -0.1) is 6.58 Å². The lowest BCUT2D eigenvalue weighted by Crippen LogP contribution is -2.21. The van der Waals surface area contributed by atoms with Gasteiger partial charge in [-0.25, -0.2) is 0 Å². The Morgan fingerprint density at radius 3 is 1.83 bits per heavy atom. The number of hydrogen-bond acceptors (Lipinski definition) is 2. The molecule has 0 radical (unpaired) electrons. The molecule has 0 bridgehead atoms. The topological polar surface area (TPSA) is 12.5 Å². The van der Waals surface area contributed by atoms with Gasteiger partial charge >= 0.3 is 0 Å². The normalized spacial score (nSPS) is 10.8. The molecule has 0 aliphatic carbocycles. The van der Waals surface area contributed by atoms with Gasteiger partial charge in [-0.1, -0.05) is 6.08 Å². The van der Waals surface area contributed by atoms with Crippen LogP contribution in [0.5, 0.6) is 0 Å². The van der Waals surface area contributed by atoms with Crippen molar-refractivity contribution in [1.29, 1.82) is 0 Å². The van der Waals surface area contributed by atoms with E-state index in [1.807, 2.05) is 32.1 Å². The summed E-state index contributed by atoms with van der Waals surface area (Å²) >= 11 is 0. The standard InChI is InChI=1S/C6H14OSi.C3H9N/c1-4-5-6(2,3)7-8;1-4(2)3/h4H,1,5H2,2-3,8H3;1-3H3. The molecule has 0 saturated carbocycles. The minimum atomic E-state index is 0.0357. The lowest BCUT2D eigenvalue weighted by atomic mass is 10.1. The Labute approximate surface area is 80.1 Å². The average molecular weight is 189 g/mol. The third-order valence-corrected chi connectivity index (χ3v) is 2.29. The highest BCUT2D eigenvalue weighted by atomic mass is 28.2. The SMILES string of the molecule is C=CCC(C)(C)O[SiH3].CN(C)C. The van der Waals surface area contributed by atoms with Crippen molar-refractivity contribution in [3.8, 4) is 0 Å². The summed E-state index contributed by atoms with van der Waals surface area (Å²) in [5.41, 5.74) is 0.0357. The Kier molecular flexibility index (Phi) is 9.03. The molecule has 0 aliphatic rings. The maximum Gasteiger partial charge on any atom is 0.146 e. The number of hydrogen-bond donors (Lipinski definition) is 0. The van der Waals surface area contributed by atoms with Gasteiger partial charge in [0.2, 0.25) is 0 Å². The molecule has 0 heterocycles. The Bertz CT molecular complexity index is 110. The summed E-state index contributed by atoms with van der Waals surface area (Å²) in [6, 6.07) is 0. The van der Waals surface area contributed by atoms with Crippen LogP contribution in [-0.2, 0) is 4.43 Å². The van der Waals surface area contributed by atoms with Crippen molar-refractivity contribution in [2.75, 3.05) is 21.1 Å². The molecule has 0 unspecified atom stereocenters. The molecule has 0 atom stereocenters. The van der Waals surface area contributed by atoms with E-state index in [2.05, 4.69) is 20.4 Å². The van der Waals surface area contributed by atoms with Crippen LogP contribution in [0.2, 0.25) is 0 Å². The molecule has 0 aromatic heterocycles.